The minimum Gasteiger partial charge on any atom is -0.338 e. The van der Waals surface area contributed by atoms with Gasteiger partial charge in [-0.05, 0) is 30.3 Å². The summed E-state index contributed by atoms with van der Waals surface area (Å²) in [5.74, 6) is 3.00. The lowest BCUT2D eigenvalue weighted by Gasteiger charge is -2.17. The Morgan fingerprint density at radius 3 is 2.90 bits per heavy atom. The van der Waals surface area contributed by atoms with Gasteiger partial charge in [0.05, 0.1) is 6.04 Å². The number of amides is 3. The molecular weight excluding hydrogens is 274 g/mol. The molecule has 0 spiro atoms. The highest BCUT2D eigenvalue weighted by atomic mass is 32.2. The summed E-state index contributed by atoms with van der Waals surface area (Å²) in [6.07, 6.45) is 2.54. The summed E-state index contributed by atoms with van der Waals surface area (Å²) in [6.45, 7) is 5.67. The van der Waals surface area contributed by atoms with E-state index in [4.69, 9.17) is 0 Å². The number of carbonyl (C=O) groups excluding carboxylic acids is 2. The number of hydrogen-bond acceptors (Lipinski definition) is 3. The van der Waals surface area contributed by atoms with Crippen molar-refractivity contribution in [3.63, 3.8) is 0 Å². The van der Waals surface area contributed by atoms with Gasteiger partial charge in [0.25, 0.3) is 0 Å². The summed E-state index contributed by atoms with van der Waals surface area (Å²) >= 11 is 1.88. The Kier molecular flexibility index (Phi) is 5.57. The van der Waals surface area contributed by atoms with Crippen molar-refractivity contribution in [2.24, 2.45) is 5.92 Å². The molecule has 1 aliphatic carbocycles. The van der Waals surface area contributed by atoms with Gasteiger partial charge in [-0.1, -0.05) is 13.8 Å². The molecule has 2 rings (SSSR count). The first-order valence-electron chi connectivity index (χ1n) is 7.53. The van der Waals surface area contributed by atoms with Crippen molar-refractivity contribution in [3.05, 3.63) is 0 Å². The van der Waals surface area contributed by atoms with Gasteiger partial charge >= 0.3 is 6.03 Å². The maximum atomic E-state index is 11.9. The quantitative estimate of drug-likeness (QED) is 0.699. The van der Waals surface area contributed by atoms with Crippen LogP contribution in [0.3, 0.4) is 0 Å². The number of nitrogens with zero attached hydrogens (tertiary/aromatic N) is 1. The smallest absolute Gasteiger partial charge is 0.315 e. The summed E-state index contributed by atoms with van der Waals surface area (Å²) in [6, 6.07) is 0.249. The molecule has 1 saturated carbocycles. The van der Waals surface area contributed by atoms with Gasteiger partial charge in [-0.15, -0.1) is 0 Å². The standard InChI is InChI=1S/C14H25N3O2S/c1-3-20-6-4-5-15-14(19)16-11-8-13(18)17(9-11)12-7-10(12)2/h10-12H,3-9H2,1-2H3,(H2,15,16,19)/t10-,11+,12-/m0/s1. The second-order valence-corrected chi connectivity index (χ2v) is 7.07. The molecule has 0 aromatic rings. The Hall–Kier alpha value is -0.910. The molecule has 0 radical (unpaired) electrons. The van der Waals surface area contributed by atoms with Crippen LogP contribution >= 0.6 is 11.8 Å². The molecule has 20 heavy (non-hydrogen) atoms. The van der Waals surface area contributed by atoms with Gasteiger partial charge in [0.15, 0.2) is 0 Å². The number of urea groups is 1. The zero-order valence-electron chi connectivity index (χ0n) is 12.4. The third kappa shape index (κ3) is 4.30. The van der Waals surface area contributed by atoms with E-state index in [1.807, 2.05) is 16.7 Å². The minimum atomic E-state index is -0.144. The van der Waals surface area contributed by atoms with E-state index in [9.17, 15) is 9.59 Å². The Balaban J connectivity index is 1.61. The molecule has 3 amide bonds. The lowest BCUT2D eigenvalue weighted by atomic mass is 10.2. The van der Waals surface area contributed by atoms with E-state index < -0.39 is 0 Å². The molecule has 2 fully saturated rings. The summed E-state index contributed by atoms with van der Waals surface area (Å²) in [5, 5.41) is 5.77. The Bertz CT molecular complexity index is 364. The average molecular weight is 299 g/mol. The first-order chi connectivity index (χ1) is 9.61. The lowest BCUT2D eigenvalue weighted by Crippen LogP contribution is -2.43. The van der Waals surface area contributed by atoms with Crippen molar-refractivity contribution in [1.29, 1.82) is 0 Å². The highest BCUT2D eigenvalue weighted by molar-refractivity contribution is 7.99. The van der Waals surface area contributed by atoms with Gasteiger partial charge in [0.1, 0.15) is 0 Å². The van der Waals surface area contributed by atoms with Crippen LogP contribution in [-0.2, 0) is 4.79 Å². The van der Waals surface area contributed by atoms with Gasteiger partial charge in [-0.25, -0.2) is 4.79 Å². The molecule has 0 unspecified atom stereocenters. The van der Waals surface area contributed by atoms with Gasteiger partial charge in [0, 0.05) is 25.6 Å². The summed E-state index contributed by atoms with van der Waals surface area (Å²) in [5.41, 5.74) is 0. The summed E-state index contributed by atoms with van der Waals surface area (Å²) in [7, 11) is 0. The largest absolute Gasteiger partial charge is 0.338 e. The van der Waals surface area contributed by atoms with Crippen LogP contribution in [0.2, 0.25) is 0 Å². The zero-order chi connectivity index (χ0) is 14.5. The van der Waals surface area contributed by atoms with Gasteiger partial charge in [-0.2, -0.15) is 11.8 Å². The normalized spacial score (nSPS) is 28.6. The van der Waals surface area contributed by atoms with Crippen LogP contribution in [0.5, 0.6) is 0 Å². The van der Waals surface area contributed by atoms with E-state index >= 15 is 0 Å². The van der Waals surface area contributed by atoms with Crippen LogP contribution in [0.4, 0.5) is 4.79 Å². The average Bonchev–Trinajstić information content (AvgIpc) is 3.01. The van der Waals surface area contributed by atoms with Crippen LogP contribution < -0.4 is 10.6 Å². The first-order valence-corrected chi connectivity index (χ1v) is 8.68. The number of nitrogens with one attached hydrogen (secondary N) is 2. The van der Waals surface area contributed by atoms with Crippen molar-refractivity contribution in [2.75, 3.05) is 24.6 Å². The van der Waals surface area contributed by atoms with Crippen molar-refractivity contribution in [1.82, 2.24) is 15.5 Å². The van der Waals surface area contributed by atoms with E-state index in [1.165, 1.54) is 0 Å². The molecule has 0 aromatic carbocycles. The molecular formula is C14H25N3O2S. The Morgan fingerprint density at radius 2 is 2.25 bits per heavy atom. The lowest BCUT2D eigenvalue weighted by molar-refractivity contribution is -0.128. The fourth-order valence-corrected chi connectivity index (χ4v) is 3.28. The fourth-order valence-electron chi connectivity index (χ4n) is 2.64. The van der Waals surface area contributed by atoms with Crippen LogP contribution in [0, 0.1) is 5.92 Å². The monoisotopic (exact) mass is 299 g/mol. The van der Waals surface area contributed by atoms with Crippen LogP contribution in [0.1, 0.15) is 33.1 Å². The molecule has 1 aliphatic heterocycles. The van der Waals surface area contributed by atoms with E-state index in [0.29, 0.717) is 31.5 Å². The Labute approximate surface area is 125 Å². The molecule has 5 nitrogen and oxygen atoms in total. The topological polar surface area (TPSA) is 61.4 Å². The number of hydrogen-bond donors (Lipinski definition) is 2. The fraction of sp³-hybridized carbons (Fsp3) is 0.857. The number of rotatable bonds is 7. The van der Waals surface area contributed by atoms with Crippen molar-refractivity contribution in [3.8, 4) is 0 Å². The van der Waals surface area contributed by atoms with E-state index in [1.54, 1.807) is 0 Å². The molecule has 3 atom stereocenters. The molecule has 1 saturated heterocycles. The second-order valence-electron chi connectivity index (χ2n) is 5.68. The zero-order valence-corrected chi connectivity index (χ0v) is 13.2. The Morgan fingerprint density at radius 1 is 1.50 bits per heavy atom. The second kappa shape index (κ2) is 7.20. The highest BCUT2D eigenvalue weighted by Crippen LogP contribution is 2.37. The predicted octanol–water partition coefficient (Wildman–Crippen LogP) is 1.44. The third-order valence-corrected chi connectivity index (χ3v) is 4.90. The minimum absolute atomic E-state index is 0.0275. The number of carbonyl (C=O) groups is 2. The highest BCUT2D eigenvalue weighted by Gasteiger charge is 2.44. The number of likely N-dealkylation sites (tertiary alicyclic amines) is 1. The first kappa shape index (κ1) is 15.5. The van der Waals surface area contributed by atoms with E-state index in [0.717, 1.165) is 24.3 Å². The summed E-state index contributed by atoms with van der Waals surface area (Å²) in [4.78, 5) is 25.6. The molecule has 0 bridgehead atoms. The molecule has 0 aromatic heterocycles. The van der Waals surface area contributed by atoms with Crippen LogP contribution in [0.15, 0.2) is 0 Å². The molecule has 2 aliphatic rings. The van der Waals surface area contributed by atoms with Crippen LogP contribution in [-0.4, -0.2) is 53.5 Å². The van der Waals surface area contributed by atoms with E-state index in [-0.39, 0.29) is 18.0 Å². The number of thioether (sulfide) groups is 1. The van der Waals surface area contributed by atoms with Gasteiger partial charge in [-0.3, -0.25) is 4.79 Å². The predicted molar refractivity (Wildman–Crippen MR) is 81.8 cm³/mol. The third-order valence-electron chi connectivity index (χ3n) is 3.92. The SMILES string of the molecule is CCSCCCNC(=O)N[C@@H]1CC(=O)N([C@H]2C[C@@H]2C)C1. The maximum Gasteiger partial charge on any atom is 0.315 e. The van der Waals surface area contributed by atoms with Crippen molar-refractivity contribution >= 4 is 23.7 Å². The molecule has 6 heteroatoms. The van der Waals surface area contributed by atoms with Gasteiger partial charge in [0.2, 0.25) is 5.91 Å². The van der Waals surface area contributed by atoms with Gasteiger partial charge < -0.3 is 15.5 Å². The summed E-state index contributed by atoms with van der Waals surface area (Å²) < 4.78 is 0. The molecule has 114 valence electrons. The van der Waals surface area contributed by atoms with E-state index in [2.05, 4.69) is 24.5 Å². The molecule has 1 heterocycles. The van der Waals surface area contributed by atoms with Crippen LogP contribution in [0.25, 0.3) is 0 Å². The molecule has 2 N–H and O–H groups in total. The van der Waals surface area contributed by atoms with Crippen molar-refractivity contribution in [2.45, 2.75) is 45.2 Å². The van der Waals surface area contributed by atoms with Crippen molar-refractivity contribution < 1.29 is 9.59 Å². The maximum absolute atomic E-state index is 11.9.